The van der Waals surface area contributed by atoms with Crippen molar-refractivity contribution in [3.05, 3.63) is 55.2 Å². The fraction of sp³-hybridized carbons (Fsp3) is 0.375. The van der Waals surface area contributed by atoms with Gasteiger partial charge in [0.1, 0.15) is 5.75 Å². The number of hydrogen-bond donors (Lipinski definition) is 0. The second-order valence-electron chi connectivity index (χ2n) is 5.97. The normalized spacial score (nSPS) is 21.5. The molecule has 7 heteroatoms. The molecular weight excluding hydrogens is 320 g/mol. The number of benzene rings is 1. The second-order valence-corrected chi connectivity index (χ2v) is 6.40. The fourth-order valence-corrected chi connectivity index (χ4v) is 3.64. The van der Waals surface area contributed by atoms with Crippen molar-refractivity contribution in [2.45, 2.75) is 5.92 Å². The maximum absolute atomic E-state index is 12.7. The highest BCUT2D eigenvalue weighted by atomic mass is 35.5. The number of hydrogen-bond acceptors (Lipinski definition) is 4. The van der Waals surface area contributed by atoms with Crippen LogP contribution in [0.25, 0.3) is 0 Å². The molecule has 0 aliphatic carbocycles. The maximum Gasteiger partial charge on any atom is 0.333 e. The average Bonchev–Trinajstić information content (AvgIpc) is 2.56. The maximum atomic E-state index is 12.7. The Morgan fingerprint density at radius 2 is 1.87 bits per heavy atom. The molecule has 23 heavy (non-hydrogen) atoms. The standard InChI is InChI=1S/C16H15ClN2O4/c1-18-14(20)13-12-8(7-23-15(13)19(2)16(18)21)6-22-11-4-3-9(17)5-10(11)12/h3-5,8,12H,6-7H2,1-2H3. The van der Waals surface area contributed by atoms with Crippen LogP contribution in [0.5, 0.6) is 11.6 Å². The third kappa shape index (κ3) is 1.94. The third-order valence-corrected chi connectivity index (χ3v) is 4.86. The van der Waals surface area contributed by atoms with Gasteiger partial charge in [-0.1, -0.05) is 11.6 Å². The van der Waals surface area contributed by atoms with E-state index >= 15 is 0 Å². The van der Waals surface area contributed by atoms with E-state index in [1.807, 2.05) is 12.1 Å². The van der Waals surface area contributed by atoms with Crippen LogP contribution < -0.4 is 20.7 Å². The number of nitrogens with zero attached hydrogens (tertiary/aromatic N) is 2. The van der Waals surface area contributed by atoms with Gasteiger partial charge in [-0.2, -0.15) is 0 Å². The van der Waals surface area contributed by atoms with Gasteiger partial charge in [0.2, 0.25) is 5.88 Å². The molecule has 2 atom stereocenters. The smallest absolute Gasteiger partial charge is 0.333 e. The van der Waals surface area contributed by atoms with Crippen molar-refractivity contribution in [2.24, 2.45) is 20.0 Å². The Kier molecular flexibility index (Phi) is 3.06. The minimum atomic E-state index is -0.398. The van der Waals surface area contributed by atoms with Gasteiger partial charge in [0, 0.05) is 36.5 Å². The van der Waals surface area contributed by atoms with Crippen LogP contribution in [0, 0.1) is 5.92 Å². The summed E-state index contributed by atoms with van der Waals surface area (Å²) >= 11 is 6.14. The predicted molar refractivity (Wildman–Crippen MR) is 84.7 cm³/mol. The molecule has 0 fully saturated rings. The van der Waals surface area contributed by atoms with E-state index in [0.29, 0.717) is 29.7 Å². The zero-order valence-corrected chi connectivity index (χ0v) is 13.5. The number of halogens is 1. The van der Waals surface area contributed by atoms with Gasteiger partial charge >= 0.3 is 5.69 Å². The van der Waals surface area contributed by atoms with Gasteiger partial charge in [-0.15, -0.1) is 0 Å². The number of fused-ring (bicyclic) bond motifs is 5. The SMILES string of the molecule is Cn1c2c(c(=O)n(C)c1=O)C1c3cc(Cl)ccc3OCC1CO2. The molecule has 0 N–H and O–H groups in total. The lowest BCUT2D eigenvalue weighted by Crippen LogP contribution is -2.46. The van der Waals surface area contributed by atoms with Crippen LogP contribution in [0.4, 0.5) is 0 Å². The highest BCUT2D eigenvalue weighted by Crippen LogP contribution is 2.46. The summed E-state index contributed by atoms with van der Waals surface area (Å²) in [6.07, 6.45) is 0. The highest BCUT2D eigenvalue weighted by molar-refractivity contribution is 6.30. The van der Waals surface area contributed by atoms with Crippen LogP contribution in [0.3, 0.4) is 0 Å². The van der Waals surface area contributed by atoms with E-state index in [9.17, 15) is 9.59 Å². The third-order valence-electron chi connectivity index (χ3n) is 4.62. The fourth-order valence-electron chi connectivity index (χ4n) is 3.45. The molecule has 0 amide bonds. The van der Waals surface area contributed by atoms with E-state index < -0.39 is 5.69 Å². The van der Waals surface area contributed by atoms with E-state index in [1.165, 1.54) is 11.6 Å². The largest absolute Gasteiger partial charge is 0.493 e. The zero-order chi connectivity index (χ0) is 16.3. The van der Waals surface area contributed by atoms with Crippen molar-refractivity contribution in [1.29, 1.82) is 0 Å². The van der Waals surface area contributed by atoms with Gasteiger partial charge in [0.25, 0.3) is 5.56 Å². The summed E-state index contributed by atoms with van der Waals surface area (Å²) in [5.74, 6) is 0.886. The lowest BCUT2D eigenvalue weighted by atomic mass is 9.79. The molecule has 0 saturated heterocycles. The summed E-state index contributed by atoms with van der Waals surface area (Å²) in [6, 6.07) is 5.41. The quantitative estimate of drug-likeness (QED) is 0.728. The molecule has 0 spiro atoms. The van der Waals surface area contributed by atoms with Gasteiger partial charge in [0.15, 0.2) is 0 Å². The molecule has 1 aromatic carbocycles. The first-order valence-electron chi connectivity index (χ1n) is 7.34. The molecule has 1 aromatic heterocycles. The molecule has 3 heterocycles. The highest BCUT2D eigenvalue weighted by Gasteiger charge is 2.41. The van der Waals surface area contributed by atoms with Crippen molar-refractivity contribution in [3.63, 3.8) is 0 Å². The van der Waals surface area contributed by atoms with Crippen molar-refractivity contribution in [3.8, 4) is 11.6 Å². The van der Waals surface area contributed by atoms with Crippen LogP contribution in [-0.4, -0.2) is 22.3 Å². The topological polar surface area (TPSA) is 62.5 Å². The molecule has 4 rings (SSSR count). The van der Waals surface area contributed by atoms with E-state index in [0.717, 1.165) is 15.9 Å². The van der Waals surface area contributed by atoms with Crippen LogP contribution in [-0.2, 0) is 14.1 Å². The van der Waals surface area contributed by atoms with Crippen molar-refractivity contribution < 1.29 is 9.47 Å². The van der Waals surface area contributed by atoms with Gasteiger partial charge in [-0.05, 0) is 18.2 Å². The Morgan fingerprint density at radius 3 is 2.65 bits per heavy atom. The van der Waals surface area contributed by atoms with Crippen molar-refractivity contribution >= 4 is 11.6 Å². The number of rotatable bonds is 0. The van der Waals surface area contributed by atoms with Crippen LogP contribution in [0.2, 0.25) is 5.02 Å². The van der Waals surface area contributed by atoms with Crippen molar-refractivity contribution in [1.82, 2.24) is 9.13 Å². The molecule has 0 saturated carbocycles. The summed E-state index contributed by atoms with van der Waals surface area (Å²) in [4.78, 5) is 24.9. The molecular formula is C16H15ClN2O4. The first-order valence-corrected chi connectivity index (χ1v) is 7.71. The predicted octanol–water partition coefficient (Wildman–Crippen LogP) is 1.27. The Labute approximate surface area is 136 Å². The molecule has 2 aliphatic heterocycles. The lowest BCUT2D eigenvalue weighted by molar-refractivity contribution is 0.116. The van der Waals surface area contributed by atoms with Gasteiger partial charge in [-0.3, -0.25) is 13.9 Å². The number of ether oxygens (including phenoxy) is 2. The summed E-state index contributed by atoms with van der Waals surface area (Å²) in [5.41, 5.74) is 0.642. The average molecular weight is 335 g/mol. The molecule has 6 nitrogen and oxygen atoms in total. The molecule has 2 unspecified atom stereocenters. The summed E-state index contributed by atoms with van der Waals surface area (Å²) in [7, 11) is 3.09. The summed E-state index contributed by atoms with van der Waals surface area (Å²) in [5, 5.41) is 0.586. The van der Waals surface area contributed by atoms with Gasteiger partial charge < -0.3 is 9.47 Å². The lowest BCUT2D eigenvalue weighted by Gasteiger charge is -2.38. The first kappa shape index (κ1) is 14.4. The van der Waals surface area contributed by atoms with Gasteiger partial charge in [-0.25, -0.2) is 4.79 Å². The van der Waals surface area contributed by atoms with Crippen molar-refractivity contribution in [2.75, 3.05) is 13.2 Å². The van der Waals surface area contributed by atoms with E-state index in [4.69, 9.17) is 21.1 Å². The Bertz CT molecular complexity index is 931. The first-order chi connectivity index (χ1) is 11.0. The van der Waals surface area contributed by atoms with Crippen LogP contribution >= 0.6 is 11.6 Å². The summed E-state index contributed by atoms with van der Waals surface area (Å²) in [6.45, 7) is 0.856. The van der Waals surface area contributed by atoms with Crippen LogP contribution in [0.15, 0.2) is 27.8 Å². The minimum Gasteiger partial charge on any atom is -0.493 e. The Morgan fingerprint density at radius 1 is 1.13 bits per heavy atom. The second kappa shape index (κ2) is 4.89. The summed E-state index contributed by atoms with van der Waals surface area (Å²) < 4.78 is 14.0. The molecule has 120 valence electrons. The molecule has 0 radical (unpaired) electrons. The van der Waals surface area contributed by atoms with E-state index in [2.05, 4.69) is 0 Å². The molecule has 2 aromatic rings. The minimum absolute atomic E-state index is 0.0127. The van der Waals surface area contributed by atoms with Crippen LogP contribution in [0.1, 0.15) is 17.0 Å². The van der Waals surface area contributed by atoms with Gasteiger partial charge in [0.05, 0.1) is 18.8 Å². The monoisotopic (exact) mass is 334 g/mol. The van der Waals surface area contributed by atoms with E-state index in [1.54, 1.807) is 13.1 Å². The molecule has 2 aliphatic rings. The Balaban J connectivity index is 2.05. The van der Waals surface area contributed by atoms with E-state index in [-0.39, 0.29) is 17.4 Å². The Hall–Kier alpha value is -2.21. The number of aromatic nitrogens is 2. The molecule has 0 bridgehead atoms. The zero-order valence-electron chi connectivity index (χ0n) is 12.7.